The summed E-state index contributed by atoms with van der Waals surface area (Å²) in [7, 11) is 0. The largest absolute Gasteiger partial charge is 0.357 e. The number of aryl methyl sites for hydroxylation is 2. The van der Waals surface area contributed by atoms with Crippen molar-refractivity contribution in [2.75, 3.05) is 13.1 Å². The first-order valence-electron chi connectivity index (χ1n) is 7.79. The molecule has 0 bridgehead atoms. The third kappa shape index (κ3) is 3.87. The van der Waals surface area contributed by atoms with Crippen molar-refractivity contribution in [1.82, 2.24) is 20.4 Å². The molecule has 0 radical (unpaired) electrons. The standard InChI is InChI=1S/C17H25N5/c1-5-18-17(19-6-2)20-12-15-9-7-8-10-16(15)22-14(4)11-13(3)21-22/h7-11H,5-6,12H2,1-4H3,(H2,18,19,20). The van der Waals surface area contributed by atoms with E-state index >= 15 is 0 Å². The highest BCUT2D eigenvalue weighted by Crippen LogP contribution is 2.17. The number of nitrogens with one attached hydrogen (secondary N) is 2. The quantitative estimate of drug-likeness (QED) is 0.659. The molecule has 118 valence electrons. The molecule has 5 nitrogen and oxygen atoms in total. The van der Waals surface area contributed by atoms with E-state index in [1.54, 1.807) is 0 Å². The van der Waals surface area contributed by atoms with E-state index in [2.05, 4.69) is 59.7 Å². The zero-order valence-electron chi connectivity index (χ0n) is 13.8. The molecule has 22 heavy (non-hydrogen) atoms. The van der Waals surface area contributed by atoms with Crippen molar-refractivity contribution in [2.45, 2.75) is 34.2 Å². The maximum Gasteiger partial charge on any atom is 0.191 e. The number of benzene rings is 1. The zero-order valence-corrected chi connectivity index (χ0v) is 13.8. The molecule has 0 spiro atoms. The first kappa shape index (κ1) is 16.1. The lowest BCUT2D eigenvalue weighted by molar-refractivity contribution is 0.808. The molecule has 0 aliphatic rings. The Labute approximate surface area is 132 Å². The summed E-state index contributed by atoms with van der Waals surface area (Å²) in [5.74, 6) is 0.841. The predicted molar refractivity (Wildman–Crippen MR) is 91.5 cm³/mol. The first-order chi connectivity index (χ1) is 10.7. The van der Waals surface area contributed by atoms with Crippen LogP contribution >= 0.6 is 0 Å². The van der Waals surface area contributed by atoms with Crippen LogP contribution in [0.5, 0.6) is 0 Å². The number of aromatic nitrogens is 2. The van der Waals surface area contributed by atoms with E-state index < -0.39 is 0 Å². The number of nitrogens with zero attached hydrogens (tertiary/aromatic N) is 3. The average molecular weight is 299 g/mol. The fraction of sp³-hybridized carbons (Fsp3) is 0.412. The lowest BCUT2D eigenvalue weighted by Crippen LogP contribution is -2.37. The third-order valence-corrected chi connectivity index (χ3v) is 3.33. The summed E-state index contributed by atoms with van der Waals surface area (Å²) in [4.78, 5) is 4.65. The molecule has 2 aromatic rings. The summed E-state index contributed by atoms with van der Waals surface area (Å²) >= 11 is 0. The molecule has 0 aliphatic carbocycles. The van der Waals surface area contributed by atoms with Crippen LogP contribution in [0.25, 0.3) is 5.69 Å². The van der Waals surface area contributed by atoms with Gasteiger partial charge in [-0.05, 0) is 45.4 Å². The second kappa shape index (κ2) is 7.64. The molecular weight excluding hydrogens is 274 g/mol. The molecule has 0 saturated heterocycles. The van der Waals surface area contributed by atoms with Crippen LogP contribution in [0.1, 0.15) is 30.8 Å². The molecular formula is C17H25N5. The summed E-state index contributed by atoms with van der Waals surface area (Å²) in [5, 5.41) is 11.1. The summed E-state index contributed by atoms with van der Waals surface area (Å²) in [6, 6.07) is 10.4. The zero-order chi connectivity index (χ0) is 15.9. The van der Waals surface area contributed by atoms with Crippen molar-refractivity contribution >= 4 is 5.96 Å². The Morgan fingerprint density at radius 3 is 2.41 bits per heavy atom. The average Bonchev–Trinajstić information content (AvgIpc) is 2.84. The lowest BCUT2D eigenvalue weighted by atomic mass is 10.2. The van der Waals surface area contributed by atoms with Crippen molar-refractivity contribution in [3.63, 3.8) is 0 Å². The Kier molecular flexibility index (Phi) is 5.58. The van der Waals surface area contributed by atoms with Gasteiger partial charge < -0.3 is 10.6 Å². The van der Waals surface area contributed by atoms with Crippen LogP contribution < -0.4 is 10.6 Å². The highest BCUT2D eigenvalue weighted by atomic mass is 15.3. The summed E-state index contributed by atoms with van der Waals surface area (Å²) in [6.45, 7) is 10.5. The van der Waals surface area contributed by atoms with E-state index in [1.165, 1.54) is 0 Å². The van der Waals surface area contributed by atoms with Crippen LogP contribution in [0.4, 0.5) is 0 Å². The van der Waals surface area contributed by atoms with E-state index in [-0.39, 0.29) is 0 Å². The smallest absolute Gasteiger partial charge is 0.191 e. The molecule has 0 fully saturated rings. The van der Waals surface area contributed by atoms with E-state index in [9.17, 15) is 0 Å². The second-order valence-corrected chi connectivity index (χ2v) is 5.19. The van der Waals surface area contributed by atoms with Gasteiger partial charge in [0.2, 0.25) is 0 Å². The number of aliphatic imine (C=N–C) groups is 1. The van der Waals surface area contributed by atoms with Gasteiger partial charge in [0, 0.05) is 18.8 Å². The van der Waals surface area contributed by atoms with Crippen molar-refractivity contribution in [1.29, 1.82) is 0 Å². The van der Waals surface area contributed by atoms with Gasteiger partial charge in [-0.3, -0.25) is 0 Å². The van der Waals surface area contributed by atoms with Crippen molar-refractivity contribution in [3.05, 3.63) is 47.3 Å². The fourth-order valence-corrected chi connectivity index (χ4v) is 2.40. The van der Waals surface area contributed by atoms with Crippen LogP contribution in [0.2, 0.25) is 0 Å². The Balaban J connectivity index is 2.29. The minimum absolute atomic E-state index is 0.615. The maximum absolute atomic E-state index is 4.65. The maximum atomic E-state index is 4.65. The molecule has 2 N–H and O–H groups in total. The van der Waals surface area contributed by atoms with Crippen molar-refractivity contribution in [2.24, 2.45) is 4.99 Å². The van der Waals surface area contributed by atoms with Crippen LogP contribution in [0.15, 0.2) is 35.3 Å². The summed E-state index contributed by atoms with van der Waals surface area (Å²) in [5.41, 5.74) is 4.40. The molecule has 1 heterocycles. The van der Waals surface area contributed by atoms with Gasteiger partial charge in [0.15, 0.2) is 5.96 Å². The van der Waals surface area contributed by atoms with Gasteiger partial charge in [-0.15, -0.1) is 0 Å². The second-order valence-electron chi connectivity index (χ2n) is 5.19. The normalized spacial score (nSPS) is 10.4. The molecule has 0 unspecified atom stereocenters. The number of para-hydroxylation sites is 1. The van der Waals surface area contributed by atoms with Crippen LogP contribution in [-0.2, 0) is 6.54 Å². The van der Waals surface area contributed by atoms with Gasteiger partial charge in [-0.1, -0.05) is 18.2 Å². The fourth-order valence-electron chi connectivity index (χ4n) is 2.40. The minimum atomic E-state index is 0.615. The van der Waals surface area contributed by atoms with Gasteiger partial charge in [-0.25, -0.2) is 9.67 Å². The van der Waals surface area contributed by atoms with Gasteiger partial charge >= 0.3 is 0 Å². The van der Waals surface area contributed by atoms with Gasteiger partial charge in [-0.2, -0.15) is 5.10 Å². The SMILES string of the molecule is CCNC(=NCc1ccccc1-n1nc(C)cc1C)NCC. The Bertz CT molecular complexity index is 634. The summed E-state index contributed by atoms with van der Waals surface area (Å²) in [6.07, 6.45) is 0. The molecule has 2 rings (SSSR count). The van der Waals surface area contributed by atoms with Gasteiger partial charge in [0.05, 0.1) is 17.9 Å². The monoisotopic (exact) mass is 299 g/mol. The molecule has 0 aliphatic heterocycles. The minimum Gasteiger partial charge on any atom is -0.357 e. The predicted octanol–water partition coefficient (Wildman–Crippen LogP) is 2.56. The lowest BCUT2D eigenvalue weighted by Gasteiger charge is -2.12. The van der Waals surface area contributed by atoms with E-state index in [1.807, 2.05) is 23.7 Å². The Hall–Kier alpha value is -2.30. The number of guanidine groups is 1. The van der Waals surface area contributed by atoms with Crippen molar-refractivity contribution < 1.29 is 0 Å². The number of hydrogen-bond acceptors (Lipinski definition) is 2. The Morgan fingerprint density at radius 2 is 1.82 bits per heavy atom. The molecule has 0 atom stereocenters. The summed E-state index contributed by atoms with van der Waals surface area (Å²) < 4.78 is 1.99. The van der Waals surface area contributed by atoms with Crippen LogP contribution in [-0.4, -0.2) is 28.8 Å². The first-order valence-corrected chi connectivity index (χ1v) is 7.79. The van der Waals surface area contributed by atoms with E-state index in [0.29, 0.717) is 6.54 Å². The van der Waals surface area contributed by atoms with Crippen LogP contribution in [0.3, 0.4) is 0 Å². The molecule has 0 saturated carbocycles. The molecule has 1 aromatic heterocycles. The third-order valence-electron chi connectivity index (χ3n) is 3.33. The highest BCUT2D eigenvalue weighted by Gasteiger charge is 2.08. The number of rotatable bonds is 5. The van der Waals surface area contributed by atoms with E-state index in [4.69, 9.17) is 0 Å². The highest BCUT2D eigenvalue weighted by molar-refractivity contribution is 5.79. The molecule has 0 amide bonds. The van der Waals surface area contributed by atoms with Gasteiger partial charge in [0.25, 0.3) is 0 Å². The molecule has 1 aromatic carbocycles. The van der Waals surface area contributed by atoms with Crippen molar-refractivity contribution in [3.8, 4) is 5.69 Å². The van der Waals surface area contributed by atoms with Crippen LogP contribution in [0, 0.1) is 13.8 Å². The topological polar surface area (TPSA) is 54.2 Å². The Morgan fingerprint density at radius 1 is 1.14 bits per heavy atom. The van der Waals surface area contributed by atoms with Gasteiger partial charge in [0.1, 0.15) is 0 Å². The number of hydrogen-bond donors (Lipinski definition) is 2. The van der Waals surface area contributed by atoms with E-state index in [0.717, 1.165) is 41.7 Å². The molecule has 5 heteroatoms.